The number of nitrogens with zero attached hydrogens (tertiary/aromatic N) is 3. The van der Waals surface area contributed by atoms with E-state index in [1.165, 1.54) is 6.33 Å². The number of aryl methyl sites for hydroxylation is 1. The Hall–Kier alpha value is -2.67. The summed E-state index contributed by atoms with van der Waals surface area (Å²) in [5.41, 5.74) is 1.57. The van der Waals surface area contributed by atoms with E-state index in [-0.39, 0.29) is 18.1 Å². The summed E-state index contributed by atoms with van der Waals surface area (Å²) in [6, 6.07) is 7.47. The summed E-state index contributed by atoms with van der Waals surface area (Å²) < 4.78 is 11.3. The Bertz CT molecular complexity index is 871. The number of H-pyrrole nitrogens is 1. The number of carbonyl (C=O) groups excluding carboxylic acids is 1. The molecule has 0 bridgehead atoms. The fourth-order valence-corrected chi connectivity index (χ4v) is 3.34. The summed E-state index contributed by atoms with van der Waals surface area (Å²) in [5, 5.41) is 7.72. The second kappa shape index (κ2) is 5.76. The molecule has 1 fully saturated rings. The lowest BCUT2D eigenvalue weighted by Crippen LogP contribution is -2.32. The molecule has 4 rings (SSSR count). The number of ether oxygens (including phenoxy) is 1. The topological polar surface area (TPSA) is 84.3 Å². The second-order valence-electron chi connectivity index (χ2n) is 5.99. The van der Waals surface area contributed by atoms with Crippen molar-refractivity contribution in [3.63, 3.8) is 0 Å². The monoisotopic (exact) mass is 326 g/mol. The van der Waals surface area contributed by atoms with Crippen molar-refractivity contribution in [2.75, 3.05) is 13.7 Å². The van der Waals surface area contributed by atoms with Crippen LogP contribution in [0.15, 0.2) is 35.0 Å². The maximum atomic E-state index is 13.1. The van der Waals surface area contributed by atoms with Crippen molar-refractivity contribution in [3.8, 4) is 0 Å². The highest BCUT2D eigenvalue weighted by Crippen LogP contribution is 2.34. The zero-order valence-corrected chi connectivity index (χ0v) is 13.5. The minimum atomic E-state index is -0.197. The van der Waals surface area contributed by atoms with Gasteiger partial charge in [-0.3, -0.25) is 9.89 Å². The van der Waals surface area contributed by atoms with Crippen LogP contribution in [0.1, 0.15) is 34.4 Å². The molecule has 1 aliphatic heterocycles. The number of furan rings is 1. The average molecular weight is 326 g/mol. The third kappa shape index (κ3) is 2.28. The molecule has 3 heterocycles. The molecule has 2 atom stereocenters. The summed E-state index contributed by atoms with van der Waals surface area (Å²) in [6.45, 7) is 2.41. The number of aromatic amines is 1. The smallest absolute Gasteiger partial charge is 0.290 e. The maximum Gasteiger partial charge on any atom is 0.290 e. The first-order chi connectivity index (χ1) is 11.7. The predicted octanol–water partition coefficient (Wildman–Crippen LogP) is 2.46. The van der Waals surface area contributed by atoms with E-state index in [0.717, 1.165) is 16.5 Å². The van der Waals surface area contributed by atoms with Gasteiger partial charge in [0.25, 0.3) is 5.91 Å². The van der Waals surface area contributed by atoms with E-state index >= 15 is 0 Å². The minimum Gasteiger partial charge on any atom is -0.451 e. The van der Waals surface area contributed by atoms with Crippen molar-refractivity contribution < 1.29 is 13.9 Å². The zero-order valence-electron chi connectivity index (χ0n) is 13.5. The molecule has 0 saturated carbocycles. The van der Waals surface area contributed by atoms with Gasteiger partial charge in [0.2, 0.25) is 0 Å². The number of benzene rings is 1. The van der Waals surface area contributed by atoms with E-state index in [2.05, 4.69) is 15.2 Å². The number of hydrogen-bond donors (Lipinski definition) is 1. The number of hydrogen-bond acceptors (Lipinski definition) is 5. The molecule has 24 heavy (non-hydrogen) atoms. The fraction of sp³-hybridized carbons (Fsp3) is 0.353. The second-order valence-corrected chi connectivity index (χ2v) is 5.99. The number of likely N-dealkylation sites (tertiary alicyclic amines) is 1. The number of methoxy groups -OCH3 is 1. The molecule has 0 radical (unpaired) electrons. The molecule has 7 heteroatoms. The van der Waals surface area contributed by atoms with Crippen LogP contribution in [0.4, 0.5) is 0 Å². The first kappa shape index (κ1) is 14.9. The van der Waals surface area contributed by atoms with Gasteiger partial charge in [-0.15, -0.1) is 0 Å². The summed E-state index contributed by atoms with van der Waals surface area (Å²) >= 11 is 0. The van der Waals surface area contributed by atoms with Gasteiger partial charge in [-0.25, -0.2) is 4.98 Å². The Morgan fingerprint density at radius 2 is 2.25 bits per heavy atom. The van der Waals surface area contributed by atoms with Crippen LogP contribution in [0.5, 0.6) is 0 Å². The highest BCUT2D eigenvalue weighted by atomic mass is 16.5. The Balaban J connectivity index is 1.72. The van der Waals surface area contributed by atoms with Gasteiger partial charge in [0.15, 0.2) is 5.76 Å². The van der Waals surface area contributed by atoms with E-state index in [0.29, 0.717) is 24.6 Å². The first-order valence-electron chi connectivity index (χ1n) is 7.86. The normalized spacial score (nSPS) is 20.8. The van der Waals surface area contributed by atoms with Crippen LogP contribution in [0.25, 0.3) is 11.0 Å². The number of aromatic nitrogens is 3. The van der Waals surface area contributed by atoms with Gasteiger partial charge in [0.1, 0.15) is 17.7 Å². The lowest BCUT2D eigenvalue weighted by Gasteiger charge is -2.21. The summed E-state index contributed by atoms with van der Waals surface area (Å²) in [5.74, 6) is 0.888. The van der Waals surface area contributed by atoms with Crippen LogP contribution in [0, 0.1) is 6.92 Å². The third-order valence-corrected chi connectivity index (χ3v) is 4.64. The van der Waals surface area contributed by atoms with Gasteiger partial charge >= 0.3 is 0 Å². The van der Waals surface area contributed by atoms with E-state index in [4.69, 9.17) is 9.15 Å². The summed E-state index contributed by atoms with van der Waals surface area (Å²) in [4.78, 5) is 19.1. The Kier molecular flexibility index (Phi) is 3.57. The Morgan fingerprint density at radius 3 is 2.96 bits per heavy atom. The van der Waals surface area contributed by atoms with Gasteiger partial charge in [-0.2, -0.15) is 5.10 Å². The maximum absolute atomic E-state index is 13.1. The van der Waals surface area contributed by atoms with Gasteiger partial charge in [0, 0.05) is 31.0 Å². The summed E-state index contributed by atoms with van der Waals surface area (Å²) in [7, 11) is 1.66. The largest absolute Gasteiger partial charge is 0.451 e. The minimum absolute atomic E-state index is 0.0336. The molecule has 1 aromatic carbocycles. The van der Waals surface area contributed by atoms with Crippen molar-refractivity contribution in [1.82, 2.24) is 20.1 Å². The number of carbonyl (C=O) groups is 1. The molecule has 3 aromatic rings. The Labute approximate surface area is 138 Å². The Morgan fingerprint density at radius 1 is 1.42 bits per heavy atom. The molecule has 0 unspecified atom stereocenters. The molecular formula is C17H18N4O3. The van der Waals surface area contributed by atoms with Crippen LogP contribution in [-0.4, -0.2) is 45.7 Å². The van der Waals surface area contributed by atoms with Gasteiger partial charge < -0.3 is 14.1 Å². The van der Waals surface area contributed by atoms with E-state index < -0.39 is 0 Å². The number of para-hydroxylation sites is 1. The highest BCUT2D eigenvalue weighted by Gasteiger charge is 2.40. The standard InChI is InChI=1S/C17H18N4O3/c1-10-12-5-3-4-6-14(12)24-15(10)17(22)21-8-11(23-2)7-13(21)16-18-9-19-20-16/h3-6,9,11,13H,7-8H2,1-2H3,(H,18,19,20)/t11-,13+/m1/s1. The molecule has 0 aliphatic carbocycles. The molecule has 1 saturated heterocycles. The molecule has 0 spiro atoms. The van der Waals surface area contributed by atoms with Gasteiger partial charge in [-0.05, 0) is 13.0 Å². The van der Waals surface area contributed by atoms with Crippen LogP contribution in [0.3, 0.4) is 0 Å². The average Bonchev–Trinajstić information content (AvgIpc) is 3.33. The molecule has 1 N–H and O–H groups in total. The predicted molar refractivity (Wildman–Crippen MR) is 86.5 cm³/mol. The number of nitrogens with one attached hydrogen (secondary N) is 1. The van der Waals surface area contributed by atoms with Crippen LogP contribution in [-0.2, 0) is 4.74 Å². The number of amides is 1. The molecule has 7 nitrogen and oxygen atoms in total. The zero-order chi connectivity index (χ0) is 16.7. The van der Waals surface area contributed by atoms with E-state index in [1.807, 2.05) is 31.2 Å². The SMILES string of the molecule is CO[C@@H]1C[C@@H](c2ncn[nH]2)N(C(=O)c2oc3ccccc3c2C)C1. The van der Waals surface area contributed by atoms with Crippen molar-refractivity contribution in [3.05, 3.63) is 47.7 Å². The van der Waals surface area contributed by atoms with Crippen molar-refractivity contribution >= 4 is 16.9 Å². The van der Waals surface area contributed by atoms with E-state index in [9.17, 15) is 4.79 Å². The van der Waals surface area contributed by atoms with Crippen molar-refractivity contribution in [1.29, 1.82) is 0 Å². The van der Waals surface area contributed by atoms with Crippen molar-refractivity contribution in [2.24, 2.45) is 0 Å². The molecule has 124 valence electrons. The summed E-state index contributed by atoms with van der Waals surface area (Å²) in [6.07, 6.45) is 2.09. The first-order valence-corrected chi connectivity index (χ1v) is 7.86. The van der Waals surface area contributed by atoms with Crippen LogP contribution >= 0.6 is 0 Å². The number of rotatable bonds is 3. The lowest BCUT2D eigenvalue weighted by atomic mass is 10.1. The van der Waals surface area contributed by atoms with E-state index in [1.54, 1.807) is 12.0 Å². The molecule has 1 amide bonds. The number of fused-ring (bicyclic) bond motifs is 1. The molecule has 2 aromatic heterocycles. The van der Waals surface area contributed by atoms with Gasteiger partial charge in [-0.1, -0.05) is 18.2 Å². The molecule has 1 aliphatic rings. The quantitative estimate of drug-likeness (QED) is 0.799. The van der Waals surface area contributed by atoms with Crippen molar-refractivity contribution in [2.45, 2.75) is 25.5 Å². The highest BCUT2D eigenvalue weighted by molar-refractivity contribution is 5.99. The van der Waals surface area contributed by atoms with Gasteiger partial charge in [0.05, 0.1) is 12.1 Å². The van der Waals surface area contributed by atoms with Crippen LogP contribution in [0.2, 0.25) is 0 Å². The molecular weight excluding hydrogens is 308 g/mol. The fourth-order valence-electron chi connectivity index (χ4n) is 3.34. The third-order valence-electron chi connectivity index (χ3n) is 4.64. The lowest BCUT2D eigenvalue weighted by molar-refractivity contribution is 0.0655. The van der Waals surface area contributed by atoms with Crippen LogP contribution < -0.4 is 0 Å².